The molecule has 0 aliphatic heterocycles. The summed E-state index contributed by atoms with van der Waals surface area (Å²) in [6.07, 6.45) is 2.53. The van der Waals surface area contributed by atoms with Crippen molar-refractivity contribution in [3.05, 3.63) is 0 Å². The number of ketones is 1. The summed E-state index contributed by atoms with van der Waals surface area (Å²) in [4.78, 5) is 21.9. The lowest BCUT2D eigenvalue weighted by atomic mass is 10.3. The van der Waals surface area contributed by atoms with Gasteiger partial charge in [0.25, 0.3) is 0 Å². The molecule has 0 atom stereocenters. The van der Waals surface area contributed by atoms with E-state index in [0.717, 1.165) is 12.8 Å². The van der Waals surface area contributed by atoms with E-state index < -0.39 is 0 Å². The highest BCUT2D eigenvalue weighted by Gasteiger charge is 2.28. The van der Waals surface area contributed by atoms with Crippen molar-refractivity contribution in [1.29, 1.82) is 0 Å². The number of methoxy groups -OCH3 is 1. The van der Waals surface area contributed by atoms with E-state index in [1.807, 2.05) is 0 Å². The molecule has 1 saturated carbocycles. The summed E-state index contributed by atoms with van der Waals surface area (Å²) in [5.74, 6) is 1.72. The van der Waals surface area contributed by atoms with Crippen LogP contribution < -0.4 is 0 Å². The van der Waals surface area contributed by atoms with Crippen molar-refractivity contribution in [2.24, 2.45) is 5.92 Å². The first-order chi connectivity index (χ1) is 6.24. The van der Waals surface area contributed by atoms with Crippen LogP contribution in [0.5, 0.6) is 0 Å². The molecule has 1 aliphatic carbocycles. The van der Waals surface area contributed by atoms with Gasteiger partial charge in [-0.3, -0.25) is 9.59 Å². The summed E-state index contributed by atoms with van der Waals surface area (Å²) < 4.78 is 4.48. The van der Waals surface area contributed by atoms with E-state index in [1.165, 1.54) is 18.9 Å². The number of carbonyl (C=O) groups excluding carboxylic acids is 2. The summed E-state index contributed by atoms with van der Waals surface area (Å²) in [7, 11) is 1.38. The lowest BCUT2D eigenvalue weighted by Crippen LogP contribution is -2.06. The van der Waals surface area contributed by atoms with Crippen molar-refractivity contribution in [1.82, 2.24) is 0 Å². The largest absolute Gasteiger partial charge is 0.469 e. The third kappa shape index (κ3) is 4.31. The lowest BCUT2D eigenvalue weighted by molar-refractivity contribution is -0.140. The van der Waals surface area contributed by atoms with E-state index in [9.17, 15) is 9.59 Å². The minimum atomic E-state index is -0.202. The molecular formula is C9H14O3S. The smallest absolute Gasteiger partial charge is 0.306 e. The highest BCUT2D eigenvalue weighted by molar-refractivity contribution is 7.99. The van der Waals surface area contributed by atoms with E-state index in [0.29, 0.717) is 29.6 Å². The van der Waals surface area contributed by atoms with Crippen molar-refractivity contribution in [2.75, 3.05) is 18.6 Å². The molecular weight excluding hydrogens is 188 g/mol. The van der Waals surface area contributed by atoms with E-state index in [4.69, 9.17) is 0 Å². The van der Waals surface area contributed by atoms with E-state index in [2.05, 4.69) is 4.74 Å². The first-order valence-electron chi connectivity index (χ1n) is 4.41. The average Bonchev–Trinajstić information content (AvgIpc) is 2.94. The lowest BCUT2D eigenvalue weighted by Gasteiger charge is -1.99. The normalized spacial score (nSPS) is 15.5. The molecule has 0 bridgehead atoms. The fourth-order valence-electron chi connectivity index (χ4n) is 0.953. The zero-order valence-corrected chi connectivity index (χ0v) is 8.56. The first-order valence-corrected chi connectivity index (χ1v) is 5.56. The van der Waals surface area contributed by atoms with Gasteiger partial charge < -0.3 is 4.74 Å². The van der Waals surface area contributed by atoms with Crippen LogP contribution >= 0.6 is 11.8 Å². The Kier molecular flexibility index (Phi) is 4.28. The number of ether oxygens (including phenoxy) is 1. The van der Waals surface area contributed by atoms with Crippen molar-refractivity contribution in [3.63, 3.8) is 0 Å². The second-order valence-corrected chi connectivity index (χ2v) is 4.22. The molecule has 0 saturated heterocycles. The van der Waals surface area contributed by atoms with Crippen LogP contribution in [0.3, 0.4) is 0 Å². The van der Waals surface area contributed by atoms with Crippen LogP contribution in [0.15, 0.2) is 0 Å². The Hall–Kier alpha value is -0.510. The SMILES string of the molecule is COC(=O)CCSCC(=O)C1CC1. The molecule has 0 heterocycles. The summed E-state index contributed by atoms with van der Waals surface area (Å²) in [6.45, 7) is 0. The number of Topliss-reactive ketones (excluding diaryl/α,β-unsaturated/α-hetero) is 1. The maximum absolute atomic E-state index is 11.2. The van der Waals surface area contributed by atoms with Crippen LogP contribution in [0.4, 0.5) is 0 Å². The van der Waals surface area contributed by atoms with E-state index in [1.54, 1.807) is 0 Å². The van der Waals surface area contributed by atoms with Gasteiger partial charge in [-0.25, -0.2) is 0 Å². The van der Waals surface area contributed by atoms with Crippen molar-refractivity contribution in [3.8, 4) is 0 Å². The van der Waals surface area contributed by atoms with Gasteiger partial charge in [0.05, 0.1) is 19.3 Å². The Morgan fingerprint density at radius 3 is 2.69 bits per heavy atom. The molecule has 74 valence electrons. The third-order valence-corrected chi connectivity index (χ3v) is 2.94. The second kappa shape index (κ2) is 5.27. The molecule has 0 aromatic carbocycles. The van der Waals surface area contributed by atoms with Crippen LogP contribution in [0.1, 0.15) is 19.3 Å². The average molecular weight is 202 g/mol. The molecule has 0 unspecified atom stereocenters. The van der Waals surface area contributed by atoms with Gasteiger partial charge in [-0.05, 0) is 12.8 Å². The van der Waals surface area contributed by atoms with Gasteiger partial charge in [0.15, 0.2) is 0 Å². The van der Waals surface area contributed by atoms with Gasteiger partial charge in [0.1, 0.15) is 5.78 Å². The molecule has 1 fully saturated rings. The number of rotatable bonds is 6. The van der Waals surface area contributed by atoms with Gasteiger partial charge in [-0.15, -0.1) is 0 Å². The Bertz CT molecular complexity index is 199. The molecule has 13 heavy (non-hydrogen) atoms. The van der Waals surface area contributed by atoms with E-state index >= 15 is 0 Å². The zero-order valence-electron chi connectivity index (χ0n) is 7.75. The third-order valence-electron chi connectivity index (χ3n) is 1.96. The van der Waals surface area contributed by atoms with Gasteiger partial charge in [-0.2, -0.15) is 11.8 Å². The molecule has 0 radical (unpaired) electrons. The van der Waals surface area contributed by atoms with Gasteiger partial charge in [0, 0.05) is 11.7 Å². The Labute approximate surface area is 82.2 Å². The Balaban J connectivity index is 1.94. The summed E-state index contributed by atoms with van der Waals surface area (Å²) in [6, 6.07) is 0. The summed E-state index contributed by atoms with van der Waals surface area (Å²) in [5.41, 5.74) is 0. The van der Waals surface area contributed by atoms with Crippen molar-refractivity contribution < 1.29 is 14.3 Å². The standard InChI is InChI=1S/C9H14O3S/c1-12-9(11)4-5-13-6-8(10)7-2-3-7/h7H,2-6H2,1H3. The number of esters is 1. The monoisotopic (exact) mass is 202 g/mol. The Morgan fingerprint density at radius 1 is 1.46 bits per heavy atom. The summed E-state index contributed by atoms with van der Waals surface area (Å²) in [5, 5.41) is 0. The number of carbonyl (C=O) groups is 2. The number of thioether (sulfide) groups is 1. The highest BCUT2D eigenvalue weighted by Crippen LogP contribution is 2.30. The van der Waals surface area contributed by atoms with Crippen molar-refractivity contribution in [2.45, 2.75) is 19.3 Å². The summed E-state index contributed by atoms with van der Waals surface area (Å²) >= 11 is 1.52. The maximum atomic E-state index is 11.2. The van der Waals surface area contributed by atoms with Crippen LogP contribution in [0, 0.1) is 5.92 Å². The van der Waals surface area contributed by atoms with Gasteiger partial charge in [0.2, 0.25) is 0 Å². The number of hydrogen-bond acceptors (Lipinski definition) is 4. The second-order valence-electron chi connectivity index (χ2n) is 3.12. The van der Waals surface area contributed by atoms with E-state index in [-0.39, 0.29) is 5.97 Å². The maximum Gasteiger partial charge on any atom is 0.306 e. The zero-order chi connectivity index (χ0) is 9.68. The fourth-order valence-corrected chi connectivity index (χ4v) is 1.85. The van der Waals surface area contributed by atoms with Crippen LogP contribution in [-0.2, 0) is 14.3 Å². The Morgan fingerprint density at radius 2 is 2.15 bits per heavy atom. The van der Waals surface area contributed by atoms with Crippen LogP contribution in [-0.4, -0.2) is 30.4 Å². The molecule has 1 aliphatic rings. The van der Waals surface area contributed by atoms with Gasteiger partial charge >= 0.3 is 5.97 Å². The predicted molar refractivity (Wildman–Crippen MR) is 51.7 cm³/mol. The molecule has 4 heteroatoms. The van der Waals surface area contributed by atoms with Gasteiger partial charge in [-0.1, -0.05) is 0 Å². The fraction of sp³-hybridized carbons (Fsp3) is 0.778. The topological polar surface area (TPSA) is 43.4 Å². The molecule has 0 N–H and O–H groups in total. The first kappa shape index (κ1) is 10.6. The highest BCUT2D eigenvalue weighted by atomic mass is 32.2. The van der Waals surface area contributed by atoms with Crippen LogP contribution in [0.2, 0.25) is 0 Å². The van der Waals surface area contributed by atoms with Crippen molar-refractivity contribution >= 4 is 23.5 Å². The molecule has 1 rings (SSSR count). The molecule has 0 amide bonds. The quantitative estimate of drug-likeness (QED) is 0.480. The molecule has 0 aromatic rings. The van der Waals surface area contributed by atoms with Crippen LogP contribution in [0.25, 0.3) is 0 Å². The predicted octanol–water partition coefficient (Wildman–Crippen LogP) is 1.26. The number of hydrogen-bond donors (Lipinski definition) is 0. The molecule has 0 aromatic heterocycles. The molecule has 0 spiro atoms. The minimum Gasteiger partial charge on any atom is -0.469 e. The molecule has 3 nitrogen and oxygen atoms in total. The minimum absolute atomic E-state index is 0.202.